The summed E-state index contributed by atoms with van der Waals surface area (Å²) < 4.78 is 34.1. The van der Waals surface area contributed by atoms with Crippen molar-refractivity contribution in [3.63, 3.8) is 0 Å². The van der Waals surface area contributed by atoms with Gasteiger partial charge in [-0.15, -0.1) is 0 Å². The first-order chi connectivity index (χ1) is 18.1. The molecule has 1 amide bonds. The predicted octanol–water partition coefficient (Wildman–Crippen LogP) is 6.64. The molecule has 0 spiro atoms. The lowest BCUT2D eigenvalue weighted by atomic mass is 10.0. The van der Waals surface area contributed by atoms with E-state index in [4.69, 9.17) is 14.2 Å². The number of carbonyl (C=O) groups is 2. The minimum absolute atomic E-state index is 0.131. The van der Waals surface area contributed by atoms with Crippen LogP contribution in [0.25, 0.3) is 6.08 Å². The Bertz CT molecular complexity index is 1270. The molecule has 0 bridgehead atoms. The van der Waals surface area contributed by atoms with Crippen LogP contribution >= 0.6 is 11.9 Å². The van der Waals surface area contributed by atoms with Crippen LogP contribution in [0.15, 0.2) is 41.3 Å². The Kier molecular flexibility index (Phi) is 7.31. The Morgan fingerprint density at radius 1 is 1.24 bits per heavy atom. The number of halogens is 1. The van der Waals surface area contributed by atoms with E-state index in [9.17, 15) is 14.0 Å². The Balaban J connectivity index is 1.35. The fourth-order valence-electron chi connectivity index (χ4n) is 5.05. The number of hydrogen-bond donors (Lipinski definition) is 1. The number of hydrogen-bond acceptors (Lipinski definition) is 7. The van der Waals surface area contributed by atoms with Crippen molar-refractivity contribution in [2.24, 2.45) is 5.92 Å². The molecule has 2 heterocycles. The molecule has 1 aliphatic carbocycles. The largest absolute Gasteiger partial charge is 0.492 e. The third kappa shape index (κ3) is 5.62. The molecular weight excluding hydrogens is 507 g/mol. The lowest BCUT2D eigenvalue weighted by Gasteiger charge is -2.27. The highest BCUT2D eigenvalue weighted by atomic mass is 32.2. The maximum atomic E-state index is 14.2. The normalized spacial score (nSPS) is 21.9. The molecule has 2 aromatic rings. The summed E-state index contributed by atoms with van der Waals surface area (Å²) in [5.74, 6) is 0.728. The Morgan fingerprint density at radius 3 is 2.82 bits per heavy atom. The summed E-state index contributed by atoms with van der Waals surface area (Å²) in [6.45, 7) is 6.76. The molecule has 38 heavy (non-hydrogen) atoms. The summed E-state index contributed by atoms with van der Waals surface area (Å²) >= 11 is 1.27. The van der Waals surface area contributed by atoms with Crippen LogP contribution in [0, 0.1) is 11.7 Å². The summed E-state index contributed by atoms with van der Waals surface area (Å²) in [6, 6.07) is 8.29. The third-order valence-electron chi connectivity index (χ3n) is 7.01. The molecule has 3 atom stereocenters. The van der Waals surface area contributed by atoms with Crippen LogP contribution in [0.1, 0.15) is 67.4 Å². The Morgan fingerprint density at radius 2 is 2.05 bits per heavy atom. The molecule has 5 rings (SSSR count). The summed E-state index contributed by atoms with van der Waals surface area (Å²) in [4.78, 5) is 27.8. The fraction of sp³-hybridized carbons (Fsp3) is 0.448. The molecule has 202 valence electrons. The lowest BCUT2D eigenvalue weighted by molar-refractivity contribution is 0.0256. The molecule has 1 N–H and O–H groups in total. The number of methoxy groups -OCH3 is 1. The topological polar surface area (TPSA) is 77.1 Å². The number of nitrogens with one attached hydrogen (secondary N) is 1. The van der Waals surface area contributed by atoms with E-state index in [1.807, 2.05) is 45.1 Å². The van der Waals surface area contributed by atoms with Gasteiger partial charge in [0.2, 0.25) is 0 Å². The second-order valence-corrected chi connectivity index (χ2v) is 11.8. The summed E-state index contributed by atoms with van der Waals surface area (Å²) in [7, 11) is 1.36. The molecular formula is C29H33FN2O5S. The van der Waals surface area contributed by atoms with Gasteiger partial charge in [-0.05, 0) is 93.3 Å². The average molecular weight is 541 g/mol. The van der Waals surface area contributed by atoms with Gasteiger partial charge in [0.1, 0.15) is 22.7 Å². The van der Waals surface area contributed by atoms with Crippen molar-refractivity contribution in [3.05, 3.63) is 58.9 Å². The second kappa shape index (κ2) is 10.5. The van der Waals surface area contributed by atoms with E-state index in [1.54, 1.807) is 11.0 Å². The Labute approximate surface area is 226 Å². The van der Waals surface area contributed by atoms with Crippen molar-refractivity contribution in [3.8, 4) is 5.75 Å². The molecule has 1 saturated heterocycles. The molecule has 2 fully saturated rings. The van der Waals surface area contributed by atoms with Crippen LogP contribution in [-0.4, -0.2) is 48.9 Å². The quantitative estimate of drug-likeness (QED) is 0.325. The van der Waals surface area contributed by atoms with E-state index >= 15 is 0 Å². The second-order valence-electron chi connectivity index (χ2n) is 10.9. The number of nitrogens with zero attached hydrogens (tertiary/aromatic N) is 1. The maximum absolute atomic E-state index is 14.2. The smallest absolute Gasteiger partial charge is 0.410 e. The van der Waals surface area contributed by atoms with E-state index in [0.717, 1.165) is 29.7 Å². The maximum Gasteiger partial charge on any atom is 0.410 e. The number of amides is 1. The van der Waals surface area contributed by atoms with Gasteiger partial charge in [-0.25, -0.2) is 14.0 Å². The molecule has 0 aromatic heterocycles. The molecule has 1 saturated carbocycles. The zero-order valence-corrected chi connectivity index (χ0v) is 22.9. The number of benzene rings is 2. The third-order valence-corrected chi connectivity index (χ3v) is 7.92. The number of ether oxygens (including phenoxy) is 3. The Hall–Kier alpha value is -3.20. The van der Waals surface area contributed by atoms with E-state index in [0.29, 0.717) is 47.6 Å². The van der Waals surface area contributed by atoms with Gasteiger partial charge in [-0.1, -0.05) is 18.2 Å². The van der Waals surface area contributed by atoms with Gasteiger partial charge in [0.15, 0.2) is 0 Å². The van der Waals surface area contributed by atoms with Crippen LogP contribution in [0.5, 0.6) is 5.75 Å². The molecule has 0 radical (unpaired) electrons. The first-order valence-corrected chi connectivity index (χ1v) is 13.7. The molecule has 2 aromatic carbocycles. The van der Waals surface area contributed by atoms with Gasteiger partial charge in [0.05, 0.1) is 25.4 Å². The number of carbonyl (C=O) groups excluding carboxylic acids is 2. The van der Waals surface area contributed by atoms with Crippen molar-refractivity contribution < 1.29 is 28.2 Å². The van der Waals surface area contributed by atoms with Crippen LogP contribution in [0.3, 0.4) is 0 Å². The first kappa shape index (κ1) is 26.4. The van der Waals surface area contributed by atoms with Crippen LogP contribution < -0.4 is 9.46 Å². The monoisotopic (exact) mass is 540 g/mol. The number of anilines is 1. The number of likely N-dealkylation sites (tertiary alicyclic amines) is 1. The fourth-order valence-corrected chi connectivity index (χ4v) is 5.82. The molecule has 2 aliphatic heterocycles. The van der Waals surface area contributed by atoms with Gasteiger partial charge in [-0.2, -0.15) is 0 Å². The van der Waals surface area contributed by atoms with Crippen molar-refractivity contribution in [1.29, 1.82) is 0 Å². The summed E-state index contributed by atoms with van der Waals surface area (Å²) in [5.41, 5.74) is 2.09. The van der Waals surface area contributed by atoms with Crippen LogP contribution in [0.4, 0.5) is 14.9 Å². The highest BCUT2D eigenvalue weighted by molar-refractivity contribution is 8.00. The minimum Gasteiger partial charge on any atom is -0.492 e. The predicted molar refractivity (Wildman–Crippen MR) is 145 cm³/mol. The summed E-state index contributed by atoms with van der Waals surface area (Å²) in [5, 5.41) is 0. The number of rotatable bonds is 6. The van der Waals surface area contributed by atoms with Crippen molar-refractivity contribution >= 4 is 35.8 Å². The van der Waals surface area contributed by atoms with Crippen molar-refractivity contribution in [2.75, 3.05) is 25.0 Å². The molecule has 9 heteroatoms. The van der Waals surface area contributed by atoms with Gasteiger partial charge >= 0.3 is 12.1 Å². The lowest BCUT2D eigenvalue weighted by Crippen LogP contribution is -2.39. The van der Waals surface area contributed by atoms with Gasteiger partial charge in [-0.3, -0.25) is 0 Å². The summed E-state index contributed by atoms with van der Waals surface area (Å²) in [6.07, 6.45) is 6.18. The molecule has 2 unspecified atom stereocenters. The van der Waals surface area contributed by atoms with Crippen LogP contribution in [-0.2, 0) is 9.47 Å². The van der Waals surface area contributed by atoms with Gasteiger partial charge < -0.3 is 23.8 Å². The van der Waals surface area contributed by atoms with E-state index in [-0.39, 0.29) is 18.0 Å². The van der Waals surface area contributed by atoms with E-state index in [2.05, 4.69) is 4.72 Å². The zero-order valence-electron chi connectivity index (χ0n) is 22.1. The highest BCUT2D eigenvalue weighted by Crippen LogP contribution is 2.55. The standard InChI is InChI=1S/C29H33FN2O5S/c1-29(2,3)37-28(34)32-13-5-6-20(32)9-7-17-14-19(30)8-12-24(17)38-31-23-11-10-21-22-15-18(22)16-36-26(21)25(23)27(33)35-4/h7-12,14,18,20,22,31H,5-6,13,15-16H2,1-4H3/b9-7-/t18-,20?,22?/m0/s1. The number of fused-ring (bicyclic) bond motifs is 3. The number of esters is 1. The SMILES string of the molecule is COC(=O)c1c(NSc2ccc(F)cc2/C=C\C2CCCN2C(=O)OC(C)(C)C)ccc2c1OC[C@@H]1CC21. The van der Waals surface area contributed by atoms with Gasteiger partial charge in [0, 0.05) is 17.4 Å². The highest BCUT2D eigenvalue weighted by Gasteiger charge is 2.45. The zero-order chi connectivity index (χ0) is 27.0. The molecule has 7 nitrogen and oxygen atoms in total. The molecule has 3 aliphatic rings. The van der Waals surface area contributed by atoms with Crippen LogP contribution in [0.2, 0.25) is 0 Å². The average Bonchev–Trinajstić information content (AvgIpc) is 3.52. The van der Waals surface area contributed by atoms with E-state index in [1.165, 1.54) is 31.2 Å². The van der Waals surface area contributed by atoms with E-state index < -0.39 is 11.6 Å². The first-order valence-electron chi connectivity index (χ1n) is 12.9. The van der Waals surface area contributed by atoms with Gasteiger partial charge in [0.25, 0.3) is 0 Å². The minimum atomic E-state index is -0.572. The van der Waals surface area contributed by atoms with Crippen molar-refractivity contribution in [1.82, 2.24) is 4.90 Å². The van der Waals surface area contributed by atoms with Crippen molar-refractivity contribution in [2.45, 2.75) is 62.5 Å².